The molecule has 3 heterocycles. The van der Waals surface area contributed by atoms with E-state index in [-0.39, 0.29) is 11.8 Å². The summed E-state index contributed by atoms with van der Waals surface area (Å²) < 4.78 is 16.7. The lowest BCUT2D eigenvalue weighted by molar-refractivity contribution is -0.195. The highest BCUT2D eigenvalue weighted by atomic mass is 16.7. The van der Waals surface area contributed by atoms with E-state index in [1.165, 1.54) is 0 Å². The van der Waals surface area contributed by atoms with Gasteiger partial charge in [0.25, 0.3) is 0 Å². The molecule has 5 heteroatoms. The molecule has 0 aliphatic carbocycles. The molecular weight excluding hydrogens is 234 g/mol. The van der Waals surface area contributed by atoms with Crippen molar-refractivity contribution in [1.82, 2.24) is 4.90 Å². The summed E-state index contributed by atoms with van der Waals surface area (Å²) in [5.74, 6) is -0.106. The van der Waals surface area contributed by atoms with Crippen LogP contribution in [0.25, 0.3) is 0 Å². The van der Waals surface area contributed by atoms with Crippen LogP contribution in [-0.2, 0) is 19.0 Å². The van der Waals surface area contributed by atoms with E-state index in [1.54, 1.807) is 0 Å². The van der Waals surface area contributed by atoms with Gasteiger partial charge < -0.3 is 19.1 Å². The third kappa shape index (κ3) is 2.39. The first kappa shape index (κ1) is 12.4. The van der Waals surface area contributed by atoms with Gasteiger partial charge in [0.1, 0.15) is 0 Å². The summed E-state index contributed by atoms with van der Waals surface area (Å²) in [5, 5.41) is 0. The summed E-state index contributed by atoms with van der Waals surface area (Å²) in [6, 6.07) is 0. The number of carbonyl (C=O) groups excluding carboxylic acids is 1. The van der Waals surface area contributed by atoms with E-state index < -0.39 is 5.79 Å². The maximum absolute atomic E-state index is 12.5. The molecule has 1 amide bonds. The number of rotatable bonds is 1. The summed E-state index contributed by atoms with van der Waals surface area (Å²) in [5.41, 5.74) is 0. The number of carbonyl (C=O) groups is 1. The SMILES string of the molecule is O=C(C1CCOCC1)N1CCCC2(C1)OCCO2. The quantitative estimate of drug-likeness (QED) is 0.694. The Labute approximate surface area is 107 Å². The molecule has 3 rings (SSSR count). The minimum atomic E-state index is -0.501. The normalized spacial score (nSPS) is 28.8. The summed E-state index contributed by atoms with van der Waals surface area (Å²) in [6.07, 6.45) is 3.58. The van der Waals surface area contributed by atoms with Crippen molar-refractivity contribution in [3.8, 4) is 0 Å². The number of hydrogen-bond donors (Lipinski definition) is 0. The predicted molar refractivity (Wildman–Crippen MR) is 64.0 cm³/mol. The summed E-state index contributed by atoms with van der Waals surface area (Å²) >= 11 is 0. The zero-order chi connectivity index (χ0) is 12.4. The maximum atomic E-state index is 12.5. The Balaban J connectivity index is 1.62. The first-order valence-corrected chi connectivity index (χ1v) is 6.94. The fraction of sp³-hybridized carbons (Fsp3) is 0.923. The van der Waals surface area contributed by atoms with Crippen LogP contribution in [0.1, 0.15) is 25.7 Å². The van der Waals surface area contributed by atoms with Gasteiger partial charge in [0, 0.05) is 32.1 Å². The highest BCUT2D eigenvalue weighted by Gasteiger charge is 2.43. The molecule has 0 saturated carbocycles. The van der Waals surface area contributed by atoms with Crippen LogP contribution in [0.15, 0.2) is 0 Å². The van der Waals surface area contributed by atoms with Gasteiger partial charge in [-0.25, -0.2) is 0 Å². The van der Waals surface area contributed by atoms with Crippen molar-refractivity contribution in [1.29, 1.82) is 0 Å². The van der Waals surface area contributed by atoms with Gasteiger partial charge in [-0.3, -0.25) is 4.79 Å². The molecule has 0 radical (unpaired) electrons. The molecule has 5 nitrogen and oxygen atoms in total. The zero-order valence-corrected chi connectivity index (χ0v) is 10.7. The molecular formula is C13H21NO4. The molecule has 18 heavy (non-hydrogen) atoms. The average molecular weight is 255 g/mol. The molecule has 3 saturated heterocycles. The molecule has 0 N–H and O–H groups in total. The fourth-order valence-electron chi connectivity index (χ4n) is 3.11. The standard InChI is InChI=1S/C13H21NO4/c15-12(11-2-6-16-7-3-11)14-5-1-4-13(10-14)17-8-9-18-13/h11H,1-10H2. The lowest BCUT2D eigenvalue weighted by Crippen LogP contribution is -2.52. The lowest BCUT2D eigenvalue weighted by Gasteiger charge is -2.40. The molecule has 1 spiro atoms. The molecule has 0 unspecified atom stereocenters. The molecule has 0 aromatic heterocycles. The van der Waals surface area contributed by atoms with Crippen molar-refractivity contribution < 1.29 is 19.0 Å². The van der Waals surface area contributed by atoms with Gasteiger partial charge in [-0.2, -0.15) is 0 Å². The fourth-order valence-corrected chi connectivity index (χ4v) is 3.11. The third-order valence-corrected chi connectivity index (χ3v) is 4.11. The highest BCUT2D eigenvalue weighted by Crippen LogP contribution is 2.31. The summed E-state index contributed by atoms with van der Waals surface area (Å²) in [6.45, 7) is 4.16. The summed E-state index contributed by atoms with van der Waals surface area (Å²) in [7, 11) is 0. The van der Waals surface area contributed by atoms with Crippen LogP contribution in [0.2, 0.25) is 0 Å². The summed E-state index contributed by atoms with van der Waals surface area (Å²) in [4.78, 5) is 14.4. The largest absolute Gasteiger partial charge is 0.381 e. The van der Waals surface area contributed by atoms with E-state index in [1.807, 2.05) is 4.90 Å². The Kier molecular flexibility index (Phi) is 3.54. The maximum Gasteiger partial charge on any atom is 0.226 e. The van der Waals surface area contributed by atoms with Crippen molar-refractivity contribution in [3.05, 3.63) is 0 Å². The number of nitrogens with zero attached hydrogens (tertiary/aromatic N) is 1. The smallest absolute Gasteiger partial charge is 0.226 e. The molecule has 0 atom stereocenters. The topological polar surface area (TPSA) is 48.0 Å². The van der Waals surface area contributed by atoms with Crippen LogP contribution in [-0.4, -0.2) is 56.1 Å². The third-order valence-electron chi connectivity index (χ3n) is 4.11. The molecule has 3 aliphatic heterocycles. The van der Waals surface area contributed by atoms with Crippen LogP contribution < -0.4 is 0 Å². The van der Waals surface area contributed by atoms with Crippen LogP contribution in [0.4, 0.5) is 0 Å². The second-order valence-electron chi connectivity index (χ2n) is 5.36. The highest BCUT2D eigenvalue weighted by molar-refractivity contribution is 5.79. The minimum Gasteiger partial charge on any atom is -0.381 e. The van der Waals surface area contributed by atoms with Crippen LogP contribution in [0, 0.1) is 5.92 Å². The van der Waals surface area contributed by atoms with Crippen molar-refractivity contribution in [3.63, 3.8) is 0 Å². The van der Waals surface area contributed by atoms with E-state index in [9.17, 15) is 4.79 Å². The second-order valence-corrected chi connectivity index (χ2v) is 5.36. The molecule has 3 aliphatic rings. The van der Waals surface area contributed by atoms with Gasteiger partial charge in [-0.1, -0.05) is 0 Å². The van der Waals surface area contributed by atoms with E-state index >= 15 is 0 Å². The van der Waals surface area contributed by atoms with Gasteiger partial charge in [0.05, 0.1) is 19.8 Å². The first-order valence-electron chi connectivity index (χ1n) is 6.94. The van der Waals surface area contributed by atoms with Crippen molar-refractivity contribution >= 4 is 5.91 Å². The predicted octanol–water partition coefficient (Wildman–Crippen LogP) is 0.778. The zero-order valence-electron chi connectivity index (χ0n) is 10.7. The second kappa shape index (κ2) is 5.15. The van der Waals surface area contributed by atoms with Crippen molar-refractivity contribution in [2.75, 3.05) is 39.5 Å². The van der Waals surface area contributed by atoms with Crippen LogP contribution in [0.3, 0.4) is 0 Å². The van der Waals surface area contributed by atoms with E-state index in [2.05, 4.69) is 0 Å². The monoisotopic (exact) mass is 255 g/mol. The van der Waals surface area contributed by atoms with Crippen molar-refractivity contribution in [2.24, 2.45) is 5.92 Å². The molecule has 102 valence electrons. The molecule has 0 bridgehead atoms. The Morgan fingerprint density at radius 2 is 1.83 bits per heavy atom. The van der Waals surface area contributed by atoms with Gasteiger partial charge in [-0.05, 0) is 19.3 Å². The Bertz CT molecular complexity index is 308. The molecule has 0 aromatic carbocycles. The van der Waals surface area contributed by atoms with E-state index in [0.29, 0.717) is 33.0 Å². The molecule has 0 aromatic rings. The number of ether oxygens (including phenoxy) is 3. The number of piperidine rings is 1. The van der Waals surface area contributed by atoms with Gasteiger partial charge in [0.15, 0.2) is 5.79 Å². The molecule has 3 fully saturated rings. The van der Waals surface area contributed by atoms with Crippen molar-refractivity contribution in [2.45, 2.75) is 31.5 Å². The van der Waals surface area contributed by atoms with Gasteiger partial charge >= 0.3 is 0 Å². The van der Waals surface area contributed by atoms with Crippen LogP contribution >= 0.6 is 0 Å². The number of hydrogen-bond acceptors (Lipinski definition) is 4. The Morgan fingerprint density at radius 3 is 2.56 bits per heavy atom. The lowest BCUT2D eigenvalue weighted by atomic mass is 9.96. The minimum absolute atomic E-state index is 0.135. The Hall–Kier alpha value is -0.650. The van der Waals surface area contributed by atoms with Gasteiger partial charge in [-0.15, -0.1) is 0 Å². The number of likely N-dealkylation sites (tertiary alicyclic amines) is 1. The number of amides is 1. The van der Waals surface area contributed by atoms with Crippen LogP contribution in [0.5, 0.6) is 0 Å². The average Bonchev–Trinajstić information content (AvgIpc) is 2.87. The first-order chi connectivity index (χ1) is 8.79. The van der Waals surface area contributed by atoms with E-state index in [0.717, 1.165) is 32.2 Å². The van der Waals surface area contributed by atoms with Gasteiger partial charge in [0.2, 0.25) is 5.91 Å². The Morgan fingerprint density at radius 1 is 1.11 bits per heavy atom. The van der Waals surface area contributed by atoms with E-state index in [4.69, 9.17) is 14.2 Å².